The summed E-state index contributed by atoms with van der Waals surface area (Å²) in [7, 11) is -3.40. The Kier molecular flexibility index (Phi) is 5.76. The molecule has 2 aromatic rings. The van der Waals surface area contributed by atoms with Crippen LogP contribution in [0.1, 0.15) is 51.1 Å². The zero-order valence-corrected chi connectivity index (χ0v) is 16.9. The summed E-state index contributed by atoms with van der Waals surface area (Å²) in [5, 5.41) is 3.01. The second-order valence-corrected chi connectivity index (χ2v) is 8.59. The Morgan fingerprint density at radius 1 is 1.00 bits per heavy atom. The average Bonchev–Trinajstić information content (AvgIpc) is 2.51. The Morgan fingerprint density at radius 2 is 1.62 bits per heavy atom. The molecule has 0 aliphatic carbocycles. The molecule has 2 N–H and O–H groups in total. The molecule has 1 amide bonds. The van der Waals surface area contributed by atoms with E-state index in [1.54, 1.807) is 25.1 Å². The minimum atomic E-state index is -3.40. The smallest absolute Gasteiger partial charge is 0.252 e. The van der Waals surface area contributed by atoms with Gasteiger partial charge in [-0.15, -0.1) is 0 Å². The van der Waals surface area contributed by atoms with Gasteiger partial charge in [0.1, 0.15) is 0 Å². The van der Waals surface area contributed by atoms with E-state index in [0.717, 1.165) is 17.4 Å². The number of amides is 1. The normalized spacial score (nSPS) is 12.5. The van der Waals surface area contributed by atoms with Gasteiger partial charge < -0.3 is 5.32 Å². The number of aryl methyl sites for hydroxylation is 3. The number of benzene rings is 2. The van der Waals surface area contributed by atoms with E-state index >= 15 is 0 Å². The number of anilines is 1. The van der Waals surface area contributed by atoms with Crippen LogP contribution in [0.4, 0.5) is 5.69 Å². The van der Waals surface area contributed by atoms with Crippen LogP contribution in [0.2, 0.25) is 0 Å². The molecule has 0 aliphatic heterocycles. The zero-order chi connectivity index (χ0) is 19.6. The third-order valence-electron chi connectivity index (χ3n) is 4.57. The van der Waals surface area contributed by atoms with E-state index < -0.39 is 10.0 Å². The van der Waals surface area contributed by atoms with Gasteiger partial charge in [0.05, 0.1) is 18.0 Å². The van der Waals surface area contributed by atoms with Crippen molar-refractivity contribution in [1.82, 2.24) is 5.32 Å². The summed E-state index contributed by atoms with van der Waals surface area (Å²) in [6.45, 7) is 9.83. The molecule has 0 radical (unpaired) electrons. The fourth-order valence-electron chi connectivity index (χ4n) is 2.99. The van der Waals surface area contributed by atoms with E-state index in [0.29, 0.717) is 16.8 Å². The number of hydrogen-bond acceptors (Lipinski definition) is 3. The van der Waals surface area contributed by atoms with Gasteiger partial charge in [-0.1, -0.05) is 18.2 Å². The van der Waals surface area contributed by atoms with Crippen molar-refractivity contribution in [3.63, 3.8) is 0 Å². The fraction of sp³-hybridized carbons (Fsp3) is 0.350. The number of rotatable bonds is 5. The van der Waals surface area contributed by atoms with E-state index in [9.17, 15) is 13.2 Å². The highest BCUT2D eigenvalue weighted by Gasteiger charge is 2.17. The lowest BCUT2D eigenvalue weighted by molar-refractivity contribution is 0.0939. The van der Waals surface area contributed by atoms with Crippen LogP contribution in [0.25, 0.3) is 0 Å². The third kappa shape index (κ3) is 4.64. The van der Waals surface area contributed by atoms with Crippen LogP contribution in [0.15, 0.2) is 30.3 Å². The standard InChI is InChI=1S/C20H26N2O3S/c1-12-10-14(3)18(11-13(12)2)16(5)21-20(23)17-8-7-9-19(15(17)4)22-26(6,24)25/h7-11,16,22H,1-6H3,(H,21,23)/t16-/m1/s1. The van der Waals surface area contributed by atoms with Crippen LogP contribution in [0, 0.1) is 27.7 Å². The van der Waals surface area contributed by atoms with Crippen LogP contribution in [-0.2, 0) is 10.0 Å². The van der Waals surface area contributed by atoms with Gasteiger partial charge in [0, 0.05) is 5.56 Å². The maximum atomic E-state index is 12.7. The lowest BCUT2D eigenvalue weighted by Gasteiger charge is -2.19. The van der Waals surface area contributed by atoms with E-state index in [1.807, 2.05) is 13.8 Å². The van der Waals surface area contributed by atoms with Gasteiger partial charge in [0.15, 0.2) is 0 Å². The number of carbonyl (C=O) groups is 1. The molecule has 0 heterocycles. The lowest BCUT2D eigenvalue weighted by atomic mass is 9.96. The molecule has 0 saturated carbocycles. The van der Waals surface area contributed by atoms with Gasteiger partial charge in [0.25, 0.3) is 5.91 Å². The first-order valence-electron chi connectivity index (χ1n) is 8.45. The summed E-state index contributed by atoms with van der Waals surface area (Å²) in [4.78, 5) is 12.7. The molecule has 2 aromatic carbocycles. The Labute approximate surface area is 155 Å². The van der Waals surface area contributed by atoms with Crippen molar-refractivity contribution in [1.29, 1.82) is 0 Å². The van der Waals surface area contributed by atoms with Crippen molar-refractivity contribution < 1.29 is 13.2 Å². The molecule has 1 atom stereocenters. The summed E-state index contributed by atoms with van der Waals surface area (Å²) in [5.41, 5.74) is 6.07. The van der Waals surface area contributed by atoms with Crippen LogP contribution < -0.4 is 10.0 Å². The van der Waals surface area contributed by atoms with Gasteiger partial charge in [-0.25, -0.2) is 8.42 Å². The minimum Gasteiger partial charge on any atom is -0.345 e. The second-order valence-electron chi connectivity index (χ2n) is 6.84. The number of nitrogens with one attached hydrogen (secondary N) is 2. The van der Waals surface area contributed by atoms with E-state index in [1.165, 1.54) is 11.1 Å². The highest BCUT2D eigenvalue weighted by Crippen LogP contribution is 2.24. The molecule has 26 heavy (non-hydrogen) atoms. The van der Waals surface area contributed by atoms with Gasteiger partial charge in [-0.05, 0) is 74.6 Å². The molecule has 0 bridgehead atoms. The molecule has 6 heteroatoms. The van der Waals surface area contributed by atoms with Crippen LogP contribution in [-0.4, -0.2) is 20.6 Å². The van der Waals surface area contributed by atoms with Crippen molar-refractivity contribution in [3.05, 3.63) is 63.7 Å². The van der Waals surface area contributed by atoms with Crippen molar-refractivity contribution in [3.8, 4) is 0 Å². The summed E-state index contributed by atoms with van der Waals surface area (Å²) in [6, 6.07) is 9.07. The quantitative estimate of drug-likeness (QED) is 0.836. The maximum Gasteiger partial charge on any atom is 0.252 e. The number of hydrogen-bond donors (Lipinski definition) is 2. The highest BCUT2D eigenvalue weighted by atomic mass is 32.2. The first-order valence-corrected chi connectivity index (χ1v) is 10.3. The highest BCUT2D eigenvalue weighted by molar-refractivity contribution is 7.92. The molecule has 0 aromatic heterocycles. The number of sulfonamides is 1. The molecule has 0 saturated heterocycles. The first-order chi connectivity index (χ1) is 12.0. The van der Waals surface area contributed by atoms with Crippen molar-refractivity contribution in [2.45, 2.75) is 40.7 Å². The zero-order valence-electron chi connectivity index (χ0n) is 16.1. The van der Waals surface area contributed by atoms with Gasteiger partial charge >= 0.3 is 0 Å². The fourth-order valence-corrected chi connectivity index (χ4v) is 3.61. The van der Waals surface area contributed by atoms with Crippen molar-refractivity contribution in [2.75, 3.05) is 11.0 Å². The predicted octanol–water partition coefficient (Wildman–Crippen LogP) is 3.78. The molecule has 140 valence electrons. The van der Waals surface area contributed by atoms with Gasteiger partial charge in [0.2, 0.25) is 10.0 Å². The van der Waals surface area contributed by atoms with E-state index in [4.69, 9.17) is 0 Å². The monoisotopic (exact) mass is 374 g/mol. The first kappa shape index (κ1) is 20.0. The topological polar surface area (TPSA) is 75.3 Å². The predicted molar refractivity (Wildman–Crippen MR) is 106 cm³/mol. The SMILES string of the molecule is Cc1cc(C)c([C@@H](C)NC(=O)c2cccc(NS(C)(=O)=O)c2C)cc1C. The Hall–Kier alpha value is -2.34. The van der Waals surface area contributed by atoms with E-state index in [-0.39, 0.29) is 11.9 Å². The molecular formula is C20H26N2O3S. The Balaban J connectivity index is 2.28. The lowest BCUT2D eigenvalue weighted by Crippen LogP contribution is -2.28. The maximum absolute atomic E-state index is 12.7. The van der Waals surface area contributed by atoms with Crippen LogP contribution in [0.3, 0.4) is 0 Å². The molecule has 2 rings (SSSR count). The Morgan fingerprint density at radius 3 is 2.23 bits per heavy atom. The summed E-state index contributed by atoms with van der Waals surface area (Å²) >= 11 is 0. The molecule has 0 spiro atoms. The largest absolute Gasteiger partial charge is 0.345 e. The van der Waals surface area contributed by atoms with Gasteiger partial charge in [-0.2, -0.15) is 0 Å². The molecule has 0 fully saturated rings. The number of carbonyl (C=O) groups excluding carboxylic acids is 1. The van der Waals surface area contributed by atoms with Crippen LogP contribution >= 0.6 is 0 Å². The van der Waals surface area contributed by atoms with Crippen LogP contribution in [0.5, 0.6) is 0 Å². The minimum absolute atomic E-state index is 0.160. The average molecular weight is 375 g/mol. The van der Waals surface area contributed by atoms with Gasteiger partial charge in [-0.3, -0.25) is 9.52 Å². The van der Waals surface area contributed by atoms with Crippen molar-refractivity contribution in [2.24, 2.45) is 0 Å². The van der Waals surface area contributed by atoms with E-state index in [2.05, 4.69) is 36.0 Å². The molecular weight excluding hydrogens is 348 g/mol. The summed E-state index contributed by atoms with van der Waals surface area (Å²) in [5.74, 6) is -0.232. The molecule has 0 aliphatic rings. The molecule has 0 unspecified atom stereocenters. The second kappa shape index (κ2) is 7.50. The third-order valence-corrected chi connectivity index (χ3v) is 5.16. The summed E-state index contributed by atoms with van der Waals surface area (Å²) in [6.07, 6.45) is 1.09. The van der Waals surface area contributed by atoms with Crippen molar-refractivity contribution >= 4 is 21.6 Å². The molecule has 5 nitrogen and oxygen atoms in total. The summed E-state index contributed by atoms with van der Waals surface area (Å²) < 4.78 is 25.4. The Bertz CT molecular complexity index is 950.